The lowest BCUT2D eigenvalue weighted by Gasteiger charge is -2.24. The molecular weight excluding hydrogens is 254 g/mol. The van der Waals surface area contributed by atoms with Gasteiger partial charge in [0.15, 0.2) is 0 Å². The Balaban J connectivity index is 2.15. The summed E-state index contributed by atoms with van der Waals surface area (Å²) in [4.78, 5) is 23.5. The predicted octanol–water partition coefficient (Wildman–Crippen LogP) is 1.17. The van der Waals surface area contributed by atoms with E-state index in [0.29, 0.717) is 32.0 Å². The van der Waals surface area contributed by atoms with Crippen LogP contribution in [0.3, 0.4) is 0 Å². The first-order valence-electron chi connectivity index (χ1n) is 7.59. The molecule has 2 amide bonds. The van der Waals surface area contributed by atoms with Gasteiger partial charge in [0.1, 0.15) is 0 Å². The molecule has 1 rings (SSSR count). The van der Waals surface area contributed by atoms with Crippen LogP contribution in [-0.4, -0.2) is 30.9 Å². The summed E-state index contributed by atoms with van der Waals surface area (Å²) >= 11 is 0. The highest BCUT2D eigenvalue weighted by molar-refractivity contribution is 5.79. The minimum Gasteiger partial charge on any atom is -0.356 e. The smallest absolute Gasteiger partial charge is 0.224 e. The van der Waals surface area contributed by atoms with Gasteiger partial charge in [0.2, 0.25) is 11.8 Å². The summed E-state index contributed by atoms with van der Waals surface area (Å²) in [5.41, 5.74) is 5.76. The van der Waals surface area contributed by atoms with Gasteiger partial charge in [-0.3, -0.25) is 9.59 Å². The predicted molar refractivity (Wildman–Crippen MR) is 80.0 cm³/mol. The van der Waals surface area contributed by atoms with Crippen molar-refractivity contribution in [3.63, 3.8) is 0 Å². The van der Waals surface area contributed by atoms with Crippen molar-refractivity contribution >= 4 is 11.8 Å². The maximum atomic E-state index is 12.0. The van der Waals surface area contributed by atoms with Crippen LogP contribution in [0.4, 0.5) is 0 Å². The molecule has 1 unspecified atom stereocenters. The second-order valence-electron chi connectivity index (χ2n) is 6.93. The summed E-state index contributed by atoms with van der Waals surface area (Å²) < 4.78 is 0. The molecule has 5 heteroatoms. The molecule has 0 aliphatic heterocycles. The van der Waals surface area contributed by atoms with Crippen molar-refractivity contribution in [2.45, 2.75) is 58.9 Å². The van der Waals surface area contributed by atoms with Crippen molar-refractivity contribution in [3.8, 4) is 0 Å². The first-order chi connectivity index (χ1) is 9.31. The molecule has 1 fully saturated rings. The largest absolute Gasteiger partial charge is 0.356 e. The molecule has 0 aromatic carbocycles. The Morgan fingerprint density at radius 2 is 1.95 bits per heavy atom. The van der Waals surface area contributed by atoms with Crippen LogP contribution in [-0.2, 0) is 9.59 Å². The summed E-state index contributed by atoms with van der Waals surface area (Å²) in [6.45, 7) is 7.21. The van der Waals surface area contributed by atoms with Gasteiger partial charge in [-0.2, -0.15) is 0 Å². The Morgan fingerprint density at radius 3 is 2.45 bits per heavy atom. The van der Waals surface area contributed by atoms with Crippen molar-refractivity contribution in [1.29, 1.82) is 0 Å². The maximum absolute atomic E-state index is 12.0. The second-order valence-corrected chi connectivity index (χ2v) is 6.93. The maximum Gasteiger partial charge on any atom is 0.224 e. The van der Waals surface area contributed by atoms with Crippen LogP contribution in [0.25, 0.3) is 0 Å². The third-order valence-corrected chi connectivity index (χ3v) is 3.34. The molecule has 0 aromatic rings. The first kappa shape index (κ1) is 17.0. The van der Waals surface area contributed by atoms with Crippen LogP contribution < -0.4 is 16.4 Å². The molecule has 0 spiro atoms. The Bertz CT molecular complexity index is 333. The summed E-state index contributed by atoms with van der Waals surface area (Å²) in [5.74, 6) is -0.0490. The van der Waals surface area contributed by atoms with Gasteiger partial charge in [0.05, 0.1) is 5.92 Å². The van der Waals surface area contributed by atoms with Gasteiger partial charge in [-0.15, -0.1) is 0 Å². The SMILES string of the molecule is CC(C)(C)CC(CN)C(=O)NCCCC(=O)NC1CC1. The third kappa shape index (κ3) is 7.48. The van der Waals surface area contributed by atoms with Gasteiger partial charge in [0, 0.05) is 25.6 Å². The highest BCUT2D eigenvalue weighted by Crippen LogP contribution is 2.24. The fraction of sp³-hybridized carbons (Fsp3) is 0.867. The van der Waals surface area contributed by atoms with Crippen molar-refractivity contribution in [2.75, 3.05) is 13.1 Å². The topological polar surface area (TPSA) is 84.2 Å². The monoisotopic (exact) mass is 283 g/mol. The third-order valence-electron chi connectivity index (χ3n) is 3.34. The van der Waals surface area contributed by atoms with E-state index in [9.17, 15) is 9.59 Å². The van der Waals surface area contributed by atoms with Crippen LogP contribution in [0, 0.1) is 11.3 Å². The number of hydrogen-bond acceptors (Lipinski definition) is 3. The van der Waals surface area contributed by atoms with Crippen LogP contribution in [0.1, 0.15) is 52.9 Å². The molecule has 0 aromatic heterocycles. The minimum absolute atomic E-state index is 0.00465. The number of carbonyl (C=O) groups excluding carboxylic acids is 2. The average Bonchev–Trinajstić information content (AvgIpc) is 3.14. The molecule has 1 atom stereocenters. The lowest BCUT2D eigenvalue weighted by molar-refractivity contribution is -0.126. The Hall–Kier alpha value is -1.10. The molecule has 1 aliphatic carbocycles. The normalized spacial score (nSPS) is 16.6. The van der Waals surface area contributed by atoms with E-state index in [0.717, 1.165) is 19.3 Å². The molecule has 20 heavy (non-hydrogen) atoms. The fourth-order valence-electron chi connectivity index (χ4n) is 2.15. The summed E-state index contributed by atoms with van der Waals surface area (Å²) in [5, 5.41) is 5.82. The number of nitrogens with two attached hydrogens (primary N) is 1. The number of amides is 2. The van der Waals surface area contributed by atoms with Gasteiger partial charge >= 0.3 is 0 Å². The molecule has 1 aliphatic rings. The van der Waals surface area contributed by atoms with Crippen LogP contribution in [0.2, 0.25) is 0 Å². The zero-order valence-electron chi connectivity index (χ0n) is 13.0. The molecule has 4 N–H and O–H groups in total. The van der Waals surface area contributed by atoms with Gasteiger partial charge in [0.25, 0.3) is 0 Å². The van der Waals surface area contributed by atoms with Crippen molar-refractivity contribution in [2.24, 2.45) is 17.1 Å². The van der Waals surface area contributed by atoms with Gasteiger partial charge in [-0.1, -0.05) is 20.8 Å². The quantitative estimate of drug-likeness (QED) is 0.585. The molecule has 116 valence electrons. The Labute approximate surface area is 122 Å². The standard InChI is InChI=1S/C15H29N3O2/c1-15(2,3)9-11(10-16)14(20)17-8-4-5-13(19)18-12-6-7-12/h11-12H,4-10,16H2,1-3H3,(H,17,20)(H,18,19). The lowest BCUT2D eigenvalue weighted by atomic mass is 9.84. The van der Waals surface area contributed by atoms with E-state index in [1.54, 1.807) is 0 Å². The number of carbonyl (C=O) groups is 2. The van der Waals surface area contributed by atoms with E-state index in [-0.39, 0.29) is 23.1 Å². The Morgan fingerprint density at radius 1 is 1.30 bits per heavy atom. The molecule has 0 heterocycles. The fourth-order valence-corrected chi connectivity index (χ4v) is 2.15. The number of nitrogens with one attached hydrogen (secondary N) is 2. The summed E-state index contributed by atoms with van der Waals surface area (Å²) in [7, 11) is 0. The number of hydrogen-bond donors (Lipinski definition) is 3. The average molecular weight is 283 g/mol. The highest BCUT2D eigenvalue weighted by atomic mass is 16.2. The highest BCUT2D eigenvalue weighted by Gasteiger charge is 2.24. The van der Waals surface area contributed by atoms with Crippen LogP contribution in [0.15, 0.2) is 0 Å². The van der Waals surface area contributed by atoms with Crippen LogP contribution >= 0.6 is 0 Å². The van der Waals surface area contributed by atoms with Gasteiger partial charge in [-0.05, 0) is 31.1 Å². The zero-order valence-corrected chi connectivity index (χ0v) is 13.0. The molecule has 1 saturated carbocycles. The molecule has 0 saturated heterocycles. The summed E-state index contributed by atoms with van der Waals surface area (Å²) in [6.07, 6.45) is 4.14. The zero-order chi connectivity index (χ0) is 15.2. The van der Waals surface area contributed by atoms with Crippen molar-refractivity contribution < 1.29 is 9.59 Å². The van der Waals surface area contributed by atoms with E-state index < -0.39 is 0 Å². The molecule has 0 bridgehead atoms. The molecular formula is C15H29N3O2. The van der Waals surface area contributed by atoms with E-state index in [4.69, 9.17) is 5.73 Å². The van der Waals surface area contributed by atoms with E-state index in [1.807, 2.05) is 0 Å². The van der Waals surface area contributed by atoms with E-state index in [2.05, 4.69) is 31.4 Å². The molecule has 0 radical (unpaired) electrons. The first-order valence-corrected chi connectivity index (χ1v) is 7.59. The van der Waals surface area contributed by atoms with Crippen molar-refractivity contribution in [1.82, 2.24) is 10.6 Å². The minimum atomic E-state index is -0.143. The summed E-state index contributed by atoms with van der Waals surface area (Å²) in [6, 6.07) is 0.408. The van der Waals surface area contributed by atoms with Crippen molar-refractivity contribution in [3.05, 3.63) is 0 Å². The number of rotatable bonds is 8. The van der Waals surface area contributed by atoms with E-state index in [1.165, 1.54) is 0 Å². The van der Waals surface area contributed by atoms with Crippen LogP contribution in [0.5, 0.6) is 0 Å². The molecule has 5 nitrogen and oxygen atoms in total. The lowest BCUT2D eigenvalue weighted by Crippen LogP contribution is -2.38. The van der Waals surface area contributed by atoms with Gasteiger partial charge in [-0.25, -0.2) is 0 Å². The van der Waals surface area contributed by atoms with Gasteiger partial charge < -0.3 is 16.4 Å². The van der Waals surface area contributed by atoms with E-state index >= 15 is 0 Å². The second kappa shape index (κ2) is 7.62. The Kier molecular flexibility index (Phi) is 6.46.